The molecule has 51 heavy (non-hydrogen) atoms. The summed E-state index contributed by atoms with van der Waals surface area (Å²) < 4.78 is 12.2. The zero-order valence-electron chi connectivity index (χ0n) is 28.9. The minimum absolute atomic E-state index is 0. The van der Waals surface area contributed by atoms with Crippen molar-refractivity contribution >= 4 is 18.2 Å². The molecule has 4 heterocycles. The lowest BCUT2D eigenvalue weighted by Gasteiger charge is -2.63. The van der Waals surface area contributed by atoms with Crippen LogP contribution in [0.2, 0.25) is 0 Å². The van der Waals surface area contributed by atoms with Gasteiger partial charge < -0.3 is 35.0 Å². The summed E-state index contributed by atoms with van der Waals surface area (Å²) in [5.41, 5.74) is 1.17. The molecule has 2 aromatic rings. The fraction of sp³-hybridized carbons (Fsp3) is 0.675. The summed E-state index contributed by atoms with van der Waals surface area (Å²) in [6.45, 7) is 3.97. The number of hydrogen-bond acceptors (Lipinski definition) is 10. The number of nitrogens with zero attached hydrogens (tertiary/aromatic N) is 2. The van der Waals surface area contributed by atoms with Crippen molar-refractivity contribution in [3.05, 3.63) is 46.5 Å². The molecule has 274 valence electrons. The Kier molecular flexibility index (Phi) is 6.96. The van der Waals surface area contributed by atoms with Gasteiger partial charge >= 0.3 is 0 Å². The van der Waals surface area contributed by atoms with E-state index >= 15 is 0 Å². The lowest BCUT2D eigenvalue weighted by atomic mass is 9.48. The van der Waals surface area contributed by atoms with E-state index in [-0.39, 0.29) is 41.8 Å². The largest absolute Gasteiger partial charge is 0.504 e. The van der Waals surface area contributed by atoms with Gasteiger partial charge in [-0.2, -0.15) is 0 Å². The molecule has 0 aromatic heterocycles. The van der Waals surface area contributed by atoms with E-state index in [9.17, 15) is 30.3 Å². The van der Waals surface area contributed by atoms with Crippen molar-refractivity contribution in [3.8, 4) is 23.0 Å². The molecule has 6 fully saturated rings. The number of Topliss-reactive ketones (excluding diaryl/α,β-unsaturated/α-hetero) is 1. The highest BCUT2D eigenvalue weighted by atomic mass is 35.5. The van der Waals surface area contributed by atoms with Crippen molar-refractivity contribution in [2.24, 2.45) is 11.8 Å². The molecule has 11 heteroatoms. The molecule has 10 nitrogen and oxygen atoms in total. The van der Waals surface area contributed by atoms with Gasteiger partial charge in [0.1, 0.15) is 6.10 Å². The Hall–Kier alpha value is -2.60. The number of hydrogen-bond donors (Lipinski definition) is 5. The minimum Gasteiger partial charge on any atom is -0.504 e. The highest BCUT2D eigenvalue weighted by Crippen LogP contribution is 2.67. The second-order valence-electron chi connectivity index (χ2n) is 17.6. The summed E-state index contributed by atoms with van der Waals surface area (Å²) in [6.07, 6.45) is 8.67. The maximum atomic E-state index is 12.7. The number of halogens is 1. The average molecular weight is 721 g/mol. The molecule has 0 amide bonds. The SMILES string of the molecule is Cl.O=C1CC[C@@]2(O)C3Cc4ccc(O)c5c4[C@@]2(CCN3CC2CC2)[C@H]1O5.Oc1ccc2c3c1O[C@H]1[C@H](O)CC[C@@]4(O)C(C2)N(CC2CC2)CC[C@]314. The standard InChI is InChI=1S/C20H25NO4.C20H23NO4.ClH/c2*22-13-4-3-12-9-15-20(24)6-5-14(23)18-19(20,16(12)17(13)25-18)7-8-21(15)10-11-1-2-11;/h3-4,11,14-15,18,22-24H,1-2,5-10H2;3-4,11,15,18,22,24H,1-2,5-10H2;1H/t14-,15?,18+,19+,20-;15?,18-,19-,20+;/m10./s1. The highest BCUT2D eigenvalue weighted by molar-refractivity contribution is 5.90. The predicted molar refractivity (Wildman–Crippen MR) is 188 cm³/mol. The normalized spacial score (nSPS) is 42.0. The highest BCUT2D eigenvalue weighted by Gasteiger charge is 2.74. The quantitative estimate of drug-likeness (QED) is 0.320. The maximum absolute atomic E-state index is 12.7. The predicted octanol–water partition coefficient (Wildman–Crippen LogP) is 3.26. The Labute approximate surface area is 304 Å². The van der Waals surface area contributed by atoms with E-state index in [2.05, 4.69) is 9.80 Å². The minimum atomic E-state index is -0.940. The molecule has 4 aliphatic heterocycles. The van der Waals surface area contributed by atoms with Gasteiger partial charge in [-0.05, 0) is 119 Å². The number of phenolic OH excluding ortho intramolecular Hbond substituents is 2. The summed E-state index contributed by atoms with van der Waals surface area (Å²) in [4.78, 5) is 17.7. The van der Waals surface area contributed by atoms with E-state index in [0.717, 1.165) is 80.4 Å². The molecular formula is C40H49ClN2O8. The van der Waals surface area contributed by atoms with Crippen LogP contribution in [-0.4, -0.2) is 109 Å². The fourth-order valence-corrected chi connectivity index (χ4v) is 12.7. The van der Waals surface area contributed by atoms with E-state index in [4.69, 9.17) is 9.47 Å². The second kappa shape index (κ2) is 10.8. The molecule has 4 saturated carbocycles. The lowest BCUT2D eigenvalue weighted by molar-refractivity contribution is -0.208. The van der Waals surface area contributed by atoms with Crippen molar-refractivity contribution in [2.75, 3.05) is 26.2 Å². The number of ketones is 1. The van der Waals surface area contributed by atoms with Crippen LogP contribution in [0.15, 0.2) is 24.3 Å². The van der Waals surface area contributed by atoms with Gasteiger partial charge in [0, 0.05) is 42.7 Å². The van der Waals surface area contributed by atoms with Crippen LogP contribution in [0, 0.1) is 11.8 Å². The maximum Gasteiger partial charge on any atom is 0.174 e. The molecule has 9 atom stereocenters. The van der Waals surface area contributed by atoms with Gasteiger partial charge in [0.2, 0.25) is 0 Å². The first kappa shape index (κ1) is 33.0. The first-order valence-electron chi connectivity index (χ1n) is 19.3. The van der Waals surface area contributed by atoms with Crippen molar-refractivity contribution in [3.63, 3.8) is 0 Å². The number of ether oxygens (including phenoxy) is 2. The van der Waals surface area contributed by atoms with Crippen LogP contribution >= 0.6 is 12.4 Å². The van der Waals surface area contributed by atoms with Gasteiger partial charge in [0.05, 0.1) is 28.1 Å². The van der Waals surface area contributed by atoms with Gasteiger partial charge in [-0.25, -0.2) is 0 Å². The van der Waals surface area contributed by atoms with Gasteiger partial charge in [0.25, 0.3) is 0 Å². The Morgan fingerprint density at radius 2 is 1.24 bits per heavy atom. The molecule has 2 spiro atoms. The van der Waals surface area contributed by atoms with Crippen LogP contribution in [0.3, 0.4) is 0 Å². The molecular weight excluding hydrogens is 672 g/mol. The molecule has 6 aliphatic carbocycles. The molecule has 0 radical (unpaired) electrons. The number of rotatable bonds is 4. The third kappa shape index (κ3) is 4.05. The van der Waals surface area contributed by atoms with Crippen LogP contribution in [0.5, 0.6) is 23.0 Å². The van der Waals surface area contributed by atoms with Crippen LogP contribution in [0.1, 0.15) is 86.5 Å². The topological polar surface area (TPSA) is 143 Å². The molecule has 12 rings (SSSR count). The van der Waals surface area contributed by atoms with Crippen molar-refractivity contribution < 1.29 is 39.8 Å². The third-order valence-corrected chi connectivity index (χ3v) is 15.3. The number of aromatic hydroxyl groups is 2. The summed E-state index contributed by atoms with van der Waals surface area (Å²) in [5, 5.41) is 55.4. The van der Waals surface area contributed by atoms with E-state index in [1.165, 1.54) is 31.2 Å². The second-order valence-corrected chi connectivity index (χ2v) is 17.6. The average Bonchev–Trinajstić information content (AvgIpc) is 4.02. The van der Waals surface area contributed by atoms with Gasteiger partial charge in [-0.3, -0.25) is 14.6 Å². The number of carbonyl (C=O) groups excluding carboxylic acids is 1. The van der Waals surface area contributed by atoms with E-state index in [1.807, 2.05) is 12.1 Å². The first-order chi connectivity index (χ1) is 24.1. The molecule has 2 aromatic carbocycles. The lowest BCUT2D eigenvalue weighted by Crippen LogP contribution is -2.77. The Morgan fingerprint density at radius 1 is 0.706 bits per heavy atom. The Morgan fingerprint density at radius 3 is 1.82 bits per heavy atom. The number of piperidine rings is 2. The van der Waals surface area contributed by atoms with Crippen molar-refractivity contribution in [2.45, 2.75) is 129 Å². The molecule has 2 saturated heterocycles. The number of benzene rings is 2. The smallest absolute Gasteiger partial charge is 0.174 e. The number of phenols is 2. The van der Waals surface area contributed by atoms with Crippen LogP contribution < -0.4 is 9.47 Å². The zero-order valence-corrected chi connectivity index (χ0v) is 29.7. The number of carbonyl (C=O) groups is 1. The molecule has 5 N–H and O–H groups in total. The van der Waals surface area contributed by atoms with Crippen LogP contribution in [-0.2, 0) is 28.5 Å². The number of aliphatic hydroxyl groups excluding tert-OH is 1. The van der Waals surface area contributed by atoms with E-state index in [1.54, 1.807) is 12.1 Å². The summed E-state index contributed by atoms with van der Waals surface area (Å²) >= 11 is 0. The zero-order chi connectivity index (χ0) is 33.9. The van der Waals surface area contributed by atoms with E-state index < -0.39 is 40.3 Å². The first-order valence-corrected chi connectivity index (χ1v) is 19.3. The van der Waals surface area contributed by atoms with Crippen LogP contribution in [0.4, 0.5) is 0 Å². The number of likely N-dealkylation sites (tertiary alicyclic amines) is 2. The summed E-state index contributed by atoms with van der Waals surface area (Å²) in [5.74, 6) is 2.82. The summed E-state index contributed by atoms with van der Waals surface area (Å²) in [6, 6.07) is 7.48. The van der Waals surface area contributed by atoms with E-state index in [0.29, 0.717) is 37.2 Å². The van der Waals surface area contributed by atoms with Crippen molar-refractivity contribution in [1.82, 2.24) is 9.80 Å². The van der Waals surface area contributed by atoms with Crippen molar-refractivity contribution in [1.29, 1.82) is 0 Å². The van der Waals surface area contributed by atoms with Gasteiger partial charge in [-0.1, -0.05) is 12.1 Å². The Bertz CT molecular complexity index is 1830. The van der Waals surface area contributed by atoms with Gasteiger partial charge in [0.15, 0.2) is 34.9 Å². The Balaban J connectivity index is 0.000000126. The fourth-order valence-electron chi connectivity index (χ4n) is 12.7. The third-order valence-electron chi connectivity index (χ3n) is 15.3. The van der Waals surface area contributed by atoms with Crippen LogP contribution in [0.25, 0.3) is 0 Å². The molecule has 2 unspecified atom stereocenters. The molecule has 4 bridgehead atoms. The monoisotopic (exact) mass is 720 g/mol. The molecule has 10 aliphatic rings. The van der Waals surface area contributed by atoms with Gasteiger partial charge in [-0.15, -0.1) is 12.4 Å². The summed E-state index contributed by atoms with van der Waals surface area (Å²) in [7, 11) is 0. The number of aliphatic hydroxyl groups is 3.